The van der Waals surface area contributed by atoms with Crippen LogP contribution in [0.2, 0.25) is 0 Å². The molecule has 0 saturated carbocycles. The fourth-order valence-electron chi connectivity index (χ4n) is 4.54. The van der Waals surface area contributed by atoms with Crippen LogP contribution in [0.25, 0.3) is 22.0 Å². The Bertz CT molecular complexity index is 1800. The second kappa shape index (κ2) is 12.1. The first-order valence-electron chi connectivity index (χ1n) is 13.6. The molecule has 2 aromatic carbocycles. The molecule has 0 bridgehead atoms. The summed E-state index contributed by atoms with van der Waals surface area (Å²) in [5.74, 6) is 1.87. The molecule has 1 amide bonds. The standard InChI is InChI=1S/C33H32N4O5/c1-6-21-7-9-22(10-8-21)25-18-37(20(2)3)19-26(32(25)38)33(39)36-31-12-11-23(17-35-31)42-28-13-14-34-27-16-30(41-5)29(40-4)15-24(27)28/h7-20H,6H2,1-5H3,(H,35,36,39). The van der Waals surface area contributed by atoms with Gasteiger partial charge in [-0.3, -0.25) is 14.6 Å². The monoisotopic (exact) mass is 564 g/mol. The van der Waals surface area contributed by atoms with E-state index >= 15 is 0 Å². The normalized spacial score (nSPS) is 11.0. The highest BCUT2D eigenvalue weighted by molar-refractivity contribution is 6.04. The molecule has 42 heavy (non-hydrogen) atoms. The maximum atomic E-state index is 13.4. The van der Waals surface area contributed by atoms with Crippen LogP contribution in [0.1, 0.15) is 42.7 Å². The lowest BCUT2D eigenvalue weighted by atomic mass is 10.0. The molecule has 5 rings (SSSR count). The number of anilines is 1. The maximum absolute atomic E-state index is 13.4. The molecule has 0 aliphatic heterocycles. The van der Waals surface area contributed by atoms with Crippen LogP contribution < -0.4 is 25.0 Å². The Hall–Kier alpha value is -5.18. The van der Waals surface area contributed by atoms with Crippen molar-refractivity contribution in [2.45, 2.75) is 33.2 Å². The smallest absolute Gasteiger partial charge is 0.262 e. The van der Waals surface area contributed by atoms with Crippen LogP contribution in [-0.4, -0.2) is 34.7 Å². The summed E-state index contributed by atoms with van der Waals surface area (Å²) in [5.41, 5.74) is 2.78. The Balaban J connectivity index is 1.39. The van der Waals surface area contributed by atoms with Gasteiger partial charge in [-0.05, 0) is 55.7 Å². The van der Waals surface area contributed by atoms with Gasteiger partial charge in [0.1, 0.15) is 22.9 Å². The number of fused-ring (bicyclic) bond motifs is 1. The minimum Gasteiger partial charge on any atom is -0.493 e. The molecule has 9 nitrogen and oxygen atoms in total. The summed E-state index contributed by atoms with van der Waals surface area (Å²) in [7, 11) is 3.13. The van der Waals surface area contributed by atoms with Gasteiger partial charge in [-0.25, -0.2) is 4.98 Å². The van der Waals surface area contributed by atoms with Gasteiger partial charge in [0.05, 0.1) is 25.9 Å². The van der Waals surface area contributed by atoms with Crippen LogP contribution in [0.15, 0.2) is 84.2 Å². The van der Waals surface area contributed by atoms with E-state index in [1.807, 2.05) is 42.7 Å². The Morgan fingerprint density at radius 3 is 2.31 bits per heavy atom. The van der Waals surface area contributed by atoms with Crippen molar-refractivity contribution in [3.8, 4) is 34.1 Å². The average molecular weight is 565 g/mol. The third-order valence-electron chi connectivity index (χ3n) is 6.97. The summed E-state index contributed by atoms with van der Waals surface area (Å²) in [4.78, 5) is 35.5. The van der Waals surface area contributed by atoms with Gasteiger partial charge in [-0.2, -0.15) is 0 Å². The Morgan fingerprint density at radius 2 is 1.67 bits per heavy atom. The first-order chi connectivity index (χ1) is 20.3. The Morgan fingerprint density at radius 1 is 0.929 bits per heavy atom. The number of hydrogen-bond acceptors (Lipinski definition) is 7. The summed E-state index contributed by atoms with van der Waals surface area (Å²) in [6.45, 7) is 6.07. The highest BCUT2D eigenvalue weighted by Gasteiger charge is 2.18. The van der Waals surface area contributed by atoms with E-state index in [1.54, 1.807) is 63.1 Å². The van der Waals surface area contributed by atoms with Crippen molar-refractivity contribution in [1.29, 1.82) is 0 Å². The minimum absolute atomic E-state index is 0.0375. The van der Waals surface area contributed by atoms with Crippen molar-refractivity contribution in [3.05, 3.63) is 101 Å². The summed E-state index contributed by atoms with van der Waals surface area (Å²) in [6, 6.07) is 16.5. The number of benzene rings is 2. The fraction of sp³-hybridized carbons (Fsp3) is 0.212. The van der Waals surface area contributed by atoms with Gasteiger partial charge in [-0.1, -0.05) is 31.2 Å². The number of nitrogens with zero attached hydrogens (tertiary/aromatic N) is 3. The molecule has 3 aromatic heterocycles. The number of carbonyl (C=O) groups is 1. The summed E-state index contributed by atoms with van der Waals surface area (Å²) in [6.07, 6.45) is 7.42. The van der Waals surface area contributed by atoms with Crippen LogP contribution in [-0.2, 0) is 6.42 Å². The van der Waals surface area contributed by atoms with Gasteiger partial charge in [-0.15, -0.1) is 0 Å². The molecule has 0 unspecified atom stereocenters. The lowest BCUT2D eigenvalue weighted by molar-refractivity contribution is 0.102. The van der Waals surface area contributed by atoms with Gasteiger partial charge < -0.3 is 24.1 Å². The van der Waals surface area contributed by atoms with Crippen molar-refractivity contribution >= 4 is 22.6 Å². The number of carbonyl (C=O) groups excluding carboxylic acids is 1. The van der Waals surface area contributed by atoms with Crippen molar-refractivity contribution in [2.24, 2.45) is 0 Å². The third-order valence-corrected chi connectivity index (χ3v) is 6.97. The zero-order valence-electron chi connectivity index (χ0n) is 24.2. The molecule has 0 fully saturated rings. The molecule has 3 heterocycles. The van der Waals surface area contributed by atoms with Crippen LogP contribution in [0.3, 0.4) is 0 Å². The highest BCUT2D eigenvalue weighted by Crippen LogP contribution is 2.36. The zero-order valence-corrected chi connectivity index (χ0v) is 24.2. The van der Waals surface area contributed by atoms with Crippen molar-refractivity contribution in [3.63, 3.8) is 0 Å². The zero-order chi connectivity index (χ0) is 29.8. The van der Waals surface area contributed by atoms with Crippen molar-refractivity contribution in [2.75, 3.05) is 19.5 Å². The quantitative estimate of drug-likeness (QED) is 0.213. The van der Waals surface area contributed by atoms with E-state index in [1.165, 1.54) is 11.8 Å². The van der Waals surface area contributed by atoms with Gasteiger partial charge in [0.15, 0.2) is 11.5 Å². The number of rotatable bonds is 9. The van der Waals surface area contributed by atoms with Gasteiger partial charge in [0.25, 0.3) is 5.91 Å². The highest BCUT2D eigenvalue weighted by atomic mass is 16.5. The summed E-state index contributed by atoms with van der Waals surface area (Å²) < 4.78 is 18.8. The Kier molecular flexibility index (Phi) is 8.19. The molecule has 9 heteroatoms. The van der Waals surface area contributed by atoms with Crippen LogP contribution in [0, 0.1) is 0 Å². The fourth-order valence-corrected chi connectivity index (χ4v) is 4.54. The third kappa shape index (κ3) is 5.81. The lowest BCUT2D eigenvalue weighted by Gasteiger charge is -2.15. The topological polar surface area (TPSA) is 105 Å². The van der Waals surface area contributed by atoms with Crippen LogP contribution >= 0.6 is 0 Å². The molecule has 0 aliphatic rings. The average Bonchev–Trinajstić information content (AvgIpc) is 3.01. The molecule has 0 aliphatic carbocycles. The number of methoxy groups -OCH3 is 2. The number of amides is 1. The van der Waals surface area contributed by atoms with Crippen LogP contribution in [0.4, 0.5) is 5.82 Å². The molecular formula is C33H32N4O5. The number of nitrogens with one attached hydrogen (secondary N) is 1. The van der Waals surface area contributed by atoms with E-state index in [4.69, 9.17) is 14.2 Å². The second-order valence-corrected chi connectivity index (χ2v) is 9.97. The molecule has 1 N–H and O–H groups in total. The maximum Gasteiger partial charge on any atom is 0.262 e. The van der Waals surface area contributed by atoms with E-state index in [0.717, 1.165) is 17.4 Å². The predicted octanol–water partition coefficient (Wildman–Crippen LogP) is 6.66. The largest absolute Gasteiger partial charge is 0.493 e. The number of ether oxygens (including phenoxy) is 3. The summed E-state index contributed by atoms with van der Waals surface area (Å²) in [5, 5.41) is 3.49. The summed E-state index contributed by atoms with van der Waals surface area (Å²) >= 11 is 0. The molecule has 0 atom stereocenters. The minimum atomic E-state index is -0.538. The van der Waals surface area contributed by atoms with Gasteiger partial charge >= 0.3 is 0 Å². The first-order valence-corrected chi connectivity index (χ1v) is 13.6. The van der Waals surface area contributed by atoms with E-state index < -0.39 is 5.91 Å². The van der Waals surface area contributed by atoms with Crippen molar-refractivity contribution < 1.29 is 19.0 Å². The van der Waals surface area contributed by atoms with E-state index in [2.05, 4.69) is 22.2 Å². The SMILES string of the molecule is CCc1ccc(-c2cn(C(C)C)cc(C(=O)Nc3ccc(Oc4ccnc5cc(OC)c(OC)cc45)cn3)c2=O)cc1. The van der Waals surface area contributed by atoms with Gasteiger partial charge in [0.2, 0.25) is 5.43 Å². The van der Waals surface area contributed by atoms with E-state index in [-0.39, 0.29) is 22.9 Å². The lowest BCUT2D eigenvalue weighted by Crippen LogP contribution is -2.25. The molecule has 0 spiro atoms. The van der Waals surface area contributed by atoms with Gasteiger partial charge in [0, 0.05) is 41.6 Å². The van der Waals surface area contributed by atoms with E-state index in [0.29, 0.717) is 34.1 Å². The van der Waals surface area contributed by atoms with Crippen molar-refractivity contribution in [1.82, 2.24) is 14.5 Å². The predicted molar refractivity (Wildman–Crippen MR) is 163 cm³/mol. The Labute approximate surface area is 243 Å². The second-order valence-electron chi connectivity index (χ2n) is 9.97. The number of hydrogen-bond donors (Lipinski definition) is 1. The molecule has 0 radical (unpaired) electrons. The molecule has 214 valence electrons. The number of pyridine rings is 3. The van der Waals surface area contributed by atoms with E-state index in [9.17, 15) is 9.59 Å². The molecular weight excluding hydrogens is 532 g/mol. The molecule has 5 aromatic rings. The molecule has 0 saturated heterocycles. The first kappa shape index (κ1) is 28.4. The van der Waals surface area contributed by atoms with Crippen LogP contribution in [0.5, 0.6) is 23.0 Å². The number of aromatic nitrogens is 3. The number of aryl methyl sites for hydroxylation is 1.